The molecule has 0 aromatic carbocycles. The van der Waals surface area contributed by atoms with Crippen molar-refractivity contribution >= 4 is 15.0 Å². The highest BCUT2D eigenvalue weighted by Crippen LogP contribution is 2.03. The van der Waals surface area contributed by atoms with Gasteiger partial charge in [-0.15, -0.1) is 0 Å². The number of hydrogen-bond donors (Lipinski definition) is 2. The van der Waals surface area contributed by atoms with Gasteiger partial charge in [0, 0.05) is 6.21 Å². The summed E-state index contributed by atoms with van der Waals surface area (Å²) in [7, 11) is -1.07. The molecular formula is C5H13NOSi. The maximum Gasteiger partial charge on any atom is 0.0817 e. The zero-order chi connectivity index (χ0) is 6.78. The minimum Gasteiger partial charge on any atom is -0.389 e. The van der Waals surface area contributed by atoms with E-state index in [0.717, 1.165) is 6.21 Å². The highest BCUT2D eigenvalue weighted by atomic mass is 28.3. The molecule has 0 aromatic rings. The van der Waals surface area contributed by atoms with Crippen molar-refractivity contribution in [3.8, 4) is 0 Å². The molecule has 1 unspecified atom stereocenters. The quantitative estimate of drug-likeness (QED) is 0.414. The second-order valence-corrected chi connectivity index (χ2v) is 6.00. The number of aliphatic hydroxyl groups is 1. The Labute approximate surface area is 51.7 Å². The lowest BCUT2D eigenvalue weighted by Crippen LogP contribution is -2.39. The zero-order valence-corrected chi connectivity index (χ0v) is 6.76. The van der Waals surface area contributed by atoms with Crippen molar-refractivity contribution in [2.45, 2.75) is 25.2 Å². The van der Waals surface area contributed by atoms with E-state index in [1.807, 2.05) is 13.1 Å². The van der Waals surface area contributed by atoms with Crippen molar-refractivity contribution in [2.24, 2.45) is 0 Å². The predicted molar refractivity (Wildman–Crippen MR) is 38.3 cm³/mol. The Bertz CT molecular complexity index is 90.4. The van der Waals surface area contributed by atoms with Gasteiger partial charge in [0.05, 0.1) is 14.0 Å². The van der Waals surface area contributed by atoms with E-state index in [4.69, 9.17) is 5.41 Å². The van der Waals surface area contributed by atoms with E-state index < -0.39 is 14.0 Å². The van der Waals surface area contributed by atoms with E-state index in [2.05, 4.69) is 0 Å². The standard InChI is InChI=1S/C5H13NOSi/c1-5(7,4-6)8(2)3/h4,6-8H,1-3H3. The third kappa shape index (κ3) is 1.75. The van der Waals surface area contributed by atoms with Gasteiger partial charge in [0.25, 0.3) is 0 Å². The molecule has 0 aliphatic rings. The minimum atomic E-state index is -1.07. The predicted octanol–water partition coefficient (Wildman–Crippen LogP) is 0.413. The molecule has 0 aromatic heterocycles. The van der Waals surface area contributed by atoms with Gasteiger partial charge in [-0.05, 0) is 6.92 Å². The van der Waals surface area contributed by atoms with Crippen LogP contribution in [0.3, 0.4) is 0 Å². The molecule has 0 aliphatic heterocycles. The third-order valence-electron chi connectivity index (χ3n) is 1.46. The van der Waals surface area contributed by atoms with E-state index >= 15 is 0 Å². The molecule has 0 spiro atoms. The Hall–Kier alpha value is -0.153. The molecule has 8 heavy (non-hydrogen) atoms. The van der Waals surface area contributed by atoms with E-state index in [9.17, 15) is 5.11 Å². The summed E-state index contributed by atoms with van der Waals surface area (Å²) in [6, 6.07) is 0. The Kier molecular flexibility index (Phi) is 2.37. The van der Waals surface area contributed by atoms with Crippen molar-refractivity contribution in [3.63, 3.8) is 0 Å². The number of rotatable bonds is 2. The Balaban J connectivity index is 3.90. The zero-order valence-electron chi connectivity index (χ0n) is 5.60. The van der Waals surface area contributed by atoms with E-state index in [1.165, 1.54) is 0 Å². The summed E-state index contributed by atoms with van der Waals surface area (Å²) in [5.74, 6) is 0. The van der Waals surface area contributed by atoms with E-state index in [-0.39, 0.29) is 0 Å². The maximum absolute atomic E-state index is 9.22. The Morgan fingerprint density at radius 1 is 1.62 bits per heavy atom. The van der Waals surface area contributed by atoms with Crippen LogP contribution in [0.2, 0.25) is 13.1 Å². The van der Waals surface area contributed by atoms with Gasteiger partial charge in [-0.1, -0.05) is 13.1 Å². The average Bonchev–Trinajstić information content (AvgIpc) is 1.67. The normalized spacial score (nSPS) is 18.1. The first-order valence-corrected chi connectivity index (χ1v) is 5.63. The lowest BCUT2D eigenvalue weighted by atomic mass is 10.4. The van der Waals surface area contributed by atoms with Crippen LogP contribution in [0, 0.1) is 5.41 Å². The Morgan fingerprint density at radius 2 is 2.00 bits per heavy atom. The highest BCUT2D eigenvalue weighted by Gasteiger charge is 2.21. The van der Waals surface area contributed by atoms with Crippen LogP contribution < -0.4 is 0 Å². The fourth-order valence-corrected chi connectivity index (χ4v) is 0.500. The monoisotopic (exact) mass is 131 g/mol. The first-order valence-electron chi connectivity index (χ1n) is 2.74. The molecule has 3 heteroatoms. The molecule has 0 rings (SSSR count). The molecule has 0 amide bonds. The molecule has 48 valence electrons. The summed E-state index contributed by atoms with van der Waals surface area (Å²) in [6.45, 7) is 5.73. The Morgan fingerprint density at radius 3 is 2.00 bits per heavy atom. The number of nitrogens with one attached hydrogen (secondary N) is 1. The summed E-state index contributed by atoms with van der Waals surface area (Å²) < 4.78 is 0. The molecule has 0 heterocycles. The summed E-state index contributed by atoms with van der Waals surface area (Å²) in [4.78, 5) is 0. The summed E-state index contributed by atoms with van der Waals surface area (Å²) in [5, 5.41) is 15.2. The third-order valence-corrected chi connectivity index (χ3v) is 3.97. The summed E-state index contributed by atoms with van der Waals surface area (Å²) in [5.41, 5.74) is 0. The van der Waals surface area contributed by atoms with Gasteiger partial charge in [-0.3, -0.25) is 0 Å². The molecule has 0 saturated carbocycles. The highest BCUT2D eigenvalue weighted by molar-refractivity contribution is 6.62. The van der Waals surface area contributed by atoms with Crippen molar-refractivity contribution in [2.75, 3.05) is 0 Å². The lowest BCUT2D eigenvalue weighted by Gasteiger charge is -2.20. The minimum absolute atomic E-state index is 0.778. The van der Waals surface area contributed by atoms with Crippen molar-refractivity contribution in [1.82, 2.24) is 0 Å². The van der Waals surface area contributed by atoms with Gasteiger partial charge in [-0.25, -0.2) is 0 Å². The lowest BCUT2D eigenvalue weighted by molar-refractivity contribution is 0.216. The molecule has 0 radical (unpaired) electrons. The maximum atomic E-state index is 9.22. The van der Waals surface area contributed by atoms with Crippen LogP contribution >= 0.6 is 0 Å². The molecule has 0 bridgehead atoms. The summed E-state index contributed by atoms with van der Waals surface area (Å²) in [6.07, 6.45) is 1.13. The van der Waals surface area contributed by atoms with E-state index in [1.54, 1.807) is 6.92 Å². The fraction of sp³-hybridized carbons (Fsp3) is 0.800. The van der Waals surface area contributed by atoms with Crippen LogP contribution in [0.5, 0.6) is 0 Å². The van der Waals surface area contributed by atoms with Crippen LogP contribution in [0.15, 0.2) is 0 Å². The van der Waals surface area contributed by atoms with Crippen LogP contribution in [0.25, 0.3) is 0 Å². The second-order valence-electron chi connectivity index (χ2n) is 2.52. The van der Waals surface area contributed by atoms with Crippen LogP contribution in [0.4, 0.5) is 0 Å². The largest absolute Gasteiger partial charge is 0.389 e. The summed E-state index contributed by atoms with van der Waals surface area (Å²) >= 11 is 0. The van der Waals surface area contributed by atoms with E-state index in [0.29, 0.717) is 0 Å². The van der Waals surface area contributed by atoms with Crippen molar-refractivity contribution in [1.29, 1.82) is 5.41 Å². The van der Waals surface area contributed by atoms with Gasteiger partial charge in [0.15, 0.2) is 0 Å². The second kappa shape index (κ2) is 2.41. The van der Waals surface area contributed by atoms with Gasteiger partial charge >= 0.3 is 0 Å². The molecular weight excluding hydrogens is 118 g/mol. The van der Waals surface area contributed by atoms with Gasteiger partial charge < -0.3 is 10.5 Å². The number of hydrogen-bond acceptors (Lipinski definition) is 2. The average molecular weight is 131 g/mol. The van der Waals surface area contributed by atoms with Crippen LogP contribution in [-0.2, 0) is 0 Å². The van der Waals surface area contributed by atoms with Crippen LogP contribution in [0.1, 0.15) is 6.92 Å². The molecule has 1 atom stereocenters. The van der Waals surface area contributed by atoms with Crippen molar-refractivity contribution in [3.05, 3.63) is 0 Å². The van der Waals surface area contributed by atoms with Crippen molar-refractivity contribution < 1.29 is 5.11 Å². The van der Waals surface area contributed by atoms with Gasteiger partial charge in [0.1, 0.15) is 0 Å². The first-order chi connectivity index (χ1) is 3.50. The molecule has 2 nitrogen and oxygen atoms in total. The van der Waals surface area contributed by atoms with Gasteiger partial charge in [0.2, 0.25) is 0 Å². The molecule has 0 fully saturated rings. The van der Waals surface area contributed by atoms with Gasteiger partial charge in [-0.2, -0.15) is 0 Å². The molecule has 0 aliphatic carbocycles. The first kappa shape index (κ1) is 7.85. The molecule has 0 saturated heterocycles. The van der Waals surface area contributed by atoms with Crippen LogP contribution in [-0.4, -0.2) is 25.3 Å². The smallest absolute Gasteiger partial charge is 0.0817 e. The SMILES string of the molecule is C[SiH](C)C(C)(O)C=N. The molecule has 2 N–H and O–H groups in total. The fourth-order valence-electron chi connectivity index (χ4n) is 0.167. The topological polar surface area (TPSA) is 44.1 Å².